The minimum atomic E-state index is -0.408. The summed E-state index contributed by atoms with van der Waals surface area (Å²) >= 11 is 3.16. The van der Waals surface area contributed by atoms with E-state index < -0.39 is 5.82 Å². The molecule has 0 aliphatic carbocycles. The maximum atomic E-state index is 13.4. The summed E-state index contributed by atoms with van der Waals surface area (Å²) in [6.07, 6.45) is 0.527. The molecule has 0 spiro atoms. The predicted molar refractivity (Wildman–Crippen MR) is 61.4 cm³/mol. The Morgan fingerprint density at radius 1 is 1.53 bits per heavy atom. The van der Waals surface area contributed by atoms with E-state index in [0.717, 1.165) is 0 Å². The van der Waals surface area contributed by atoms with Gasteiger partial charge in [-0.1, -0.05) is 15.9 Å². The topological polar surface area (TPSA) is 58.6 Å². The molecule has 3 N–H and O–H groups in total. The number of aliphatic hydroxyl groups excluding tert-OH is 1. The van der Waals surface area contributed by atoms with Crippen molar-refractivity contribution in [3.8, 4) is 0 Å². The van der Waals surface area contributed by atoms with Gasteiger partial charge in [-0.15, -0.1) is 0 Å². The summed E-state index contributed by atoms with van der Waals surface area (Å²) in [7, 11) is 0. The highest BCUT2D eigenvalue weighted by molar-refractivity contribution is 9.10. The zero-order valence-electron chi connectivity index (χ0n) is 8.08. The first-order chi connectivity index (χ1) is 7.15. The molecule has 0 saturated heterocycles. The van der Waals surface area contributed by atoms with Crippen molar-refractivity contribution in [3.63, 3.8) is 0 Å². The molecule has 0 fully saturated rings. The molecule has 5 heteroatoms. The van der Waals surface area contributed by atoms with Crippen molar-refractivity contribution in [3.05, 3.63) is 34.1 Å². The Labute approximate surface area is 96.0 Å². The van der Waals surface area contributed by atoms with E-state index in [0.29, 0.717) is 17.4 Å². The molecule has 1 aromatic rings. The van der Waals surface area contributed by atoms with E-state index in [2.05, 4.69) is 20.9 Å². The minimum absolute atomic E-state index is 0.0552. The van der Waals surface area contributed by atoms with Crippen LogP contribution < -0.4 is 5.73 Å². The molecule has 1 rings (SSSR count). The maximum Gasteiger partial charge on any atom is 0.135 e. The van der Waals surface area contributed by atoms with Gasteiger partial charge < -0.3 is 10.8 Å². The van der Waals surface area contributed by atoms with E-state index in [1.165, 1.54) is 6.07 Å². The molecule has 0 saturated carbocycles. The fourth-order valence-electron chi connectivity index (χ4n) is 1.05. The normalized spacial score (nSPS) is 11.8. The van der Waals surface area contributed by atoms with Crippen molar-refractivity contribution in [2.24, 2.45) is 10.7 Å². The second-order valence-electron chi connectivity index (χ2n) is 2.97. The first kappa shape index (κ1) is 12.1. The Hall–Kier alpha value is -0.940. The van der Waals surface area contributed by atoms with Crippen LogP contribution in [0.1, 0.15) is 12.0 Å². The summed E-state index contributed by atoms with van der Waals surface area (Å²) in [5.41, 5.74) is 5.89. The number of benzene rings is 1. The van der Waals surface area contributed by atoms with Crippen LogP contribution in [0.3, 0.4) is 0 Å². The standard InChI is InChI=1S/C10H12BrFN2O/c11-7-2-3-8(9(12)6-7)10(13)14-4-1-5-15/h2-3,6,15H,1,4-5H2,(H2,13,14). The number of aliphatic imine (C=N–C) groups is 1. The van der Waals surface area contributed by atoms with Crippen molar-refractivity contribution in [2.75, 3.05) is 13.2 Å². The highest BCUT2D eigenvalue weighted by atomic mass is 79.9. The van der Waals surface area contributed by atoms with Gasteiger partial charge >= 0.3 is 0 Å². The van der Waals surface area contributed by atoms with E-state index in [9.17, 15) is 4.39 Å². The van der Waals surface area contributed by atoms with Crippen LogP contribution in [0.4, 0.5) is 4.39 Å². The highest BCUT2D eigenvalue weighted by Crippen LogP contribution is 2.14. The van der Waals surface area contributed by atoms with Gasteiger partial charge in [0.15, 0.2) is 0 Å². The predicted octanol–water partition coefficient (Wildman–Crippen LogP) is 1.68. The van der Waals surface area contributed by atoms with Crippen LogP contribution in [0, 0.1) is 5.82 Å². The number of amidine groups is 1. The summed E-state index contributed by atoms with van der Waals surface area (Å²) in [5, 5.41) is 8.55. The zero-order valence-corrected chi connectivity index (χ0v) is 9.67. The van der Waals surface area contributed by atoms with Gasteiger partial charge in [0.25, 0.3) is 0 Å². The Bertz CT molecular complexity index is 368. The fourth-order valence-corrected chi connectivity index (χ4v) is 1.39. The third-order valence-electron chi connectivity index (χ3n) is 1.81. The second-order valence-corrected chi connectivity index (χ2v) is 3.88. The molecular formula is C10H12BrFN2O. The summed E-state index contributed by atoms with van der Waals surface area (Å²) in [4.78, 5) is 3.95. The van der Waals surface area contributed by atoms with Gasteiger partial charge in [-0.25, -0.2) is 4.39 Å². The van der Waals surface area contributed by atoms with Crippen LogP contribution >= 0.6 is 15.9 Å². The lowest BCUT2D eigenvalue weighted by Crippen LogP contribution is -2.16. The third-order valence-corrected chi connectivity index (χ3v) is 2.30. The summed E-state index contributed by atoms with van der Waals surface area (Å²) in [5.74, 6) is -0.247. The molecule has 0 aliphatic heterocycles. The first-order valence-corrected chi connectivity index (χ1v) is 5.30. The molecule has 0 unspecified atom stereocenters. The van der Waals surface area contributed by atoms with Crippen molar-refractivity contribution >= 4 is 21.8 Å². The molecule has 0 amide bonds. The van der Waals surface area contributed by atoms with Gasteiger partial charge in [-0.05, 0) is 24.6 Å². The summed E-state index contributed by atoms with van der Waals surface area (Å²) in [6.45, 7) is 0.456. The average molecular weight is 275 g/mol. The van der Waals surface area contributed by atoms with E-state index in [1.54, 1.807) is 12.1 Å². The monoisotopic (exact) mass is 274 g/mol. The van der Waals surface area contributed by atoms with E-state index in [-0.39, 0.29) is 18.0 Å². The molecule has 0 aromatic heterocycles. The first-order valence-electron chi connectivity index (χ1n) is 4.51. The van der Waals surface area contributed by atoms with Gasteiger partial charge in [-0.2, -0.15) is 0 Å². The molecule has 0 heterocycles. The van der Waals surface area contributed by atoms with Crippen molar-refractivity contribution < 1.29 is 9.50 Å². The smallest absolute Gasteiger partial charge is 0.135 e. The molecule has 0 bridgehead atoms. The summed E-state index contributed by atoms with van der Waals surface area (Å²) in [6, 6.07) is 4.60. The molecule has 0 radical (unpaired) electrons. The van der Waals surface area contributed by atoms with E-state index in [1.807, 2.05) is 0 Å². The quantitative estimate of drug-likeness (QED) is 0.499. The van der Waals surface area contributed by atoms with E-state index >= 15 is 0 Å². The zero-order chi connectivity index (χ0) is 11.3. The fraction of sp³-hybridized carbons (Fsp3) is 0.300. The number of halogens is 2. The largest absolute Gasteiger partial charge is 0.396 e. The van der Waals surface area contributed by atoms with Crippen molar-refractivity contribution in [2.45, 2.75) is 6.42 Å². The number of nitrogens with two attached hydrogens (primary N) is 1. The molecule has 0 atom stereocenters. The number of hydrogen-bond acceptors (Lipinski definition) is 2. The van der Waals surface area contributed by atoms with Crippen molar-refractivity contribution in [1.29, 1.82) is 0 Å². The van der Waals surface area contributed by atoms with Crippen LogP contribution in [0.5, 0.6) is 0 Å². The number of rotatable bonds is 4. The van der Waals surface area contributed by atoms with Gasteiger partial charge in [0, 0.05) is 17.6 Å². The molecule has 3 nitrogen and oxygen atoms in total. The van der Waals surface area contributed by atoms with Crippen LogP contribution in [-0.2, 0) is 0 Å². The minimum Gasteiger partial charge on any atom is -0.396 e. The van der Waals surface area contributed by atoms with Crippen molar-refractivity contribution in [1.82, 2.24) is 0 Å². The molecule has 15 heavy (non-hydrogen) atoms. The van der Waals surface area contributed by atoms with Gasteiger partial charge in [0.2, 0.25) is 0 Å². The Morgan fingerprint density at radius 3 is 2.87 bits per heavy atom. The Kier molecular flexibility index (Phi) is 4.71. The molecular weight excluding hydrogens is 263 g/mol. The average Bonchev–Trinajstić information content (AvgIpc) is 2.17. The van der Waals surface area contributed by atoms with Gasteiger partial charge in [0.05, 0.1) is 5.56 Å². The van der Waals surface area contributed by atoms with Gasteiger partial charge in [-0.3, -0.25) is 4.99 Å². The summed E-state index contributed by atoms with van der Waals surface area (Å²) < 4.78 is 14.0. The third kappa shape index (κ3) is 3.60. The van der Waals surface area contributed by atoms with Crippen LogP contribution in [0.2, 0.25) is 0 Å². The lowest BCUT2D eigenvalue weighted by atomic mass is 10.2. The molecule has 1 aromatic carbocycles. The van der Waals surface area contributed by atoms with Crippen LogP contribution in [0.15, 0.2) is 27.7 Å². The molecule has 0 aliphatic rings. The van der Waals surface area contributed by atoms with E-state index in [4.69, 9.17) is 10.8 Å². The number of hydrogen-bond donors (Lipinski definition) is 2. The SMILES string of the molecule is NC(=NCCCO)c1ccc(Br)cc1F. The Morgan fingerprint density at radius 2 is 2.27 bits per heavy atom. The molecule has 82 valence electrons. The van der Waals surface area contributed by atoms with Crippen LogP contribution in [-0.4, -0.2) is 24.1 Å². The highest BCUT2D eigenvalue weighted by Gasteiger charge is 2.05. The maximum absolute atomic E-state index is 13.4. The number of nitrogens with zero attached hydrogens (tertiary/aromatic N) is 1. The lowest BCUT2D eigenvalue weighted by molar-refractivity contribution is 0.291. The van der Waals surface area contributed by atoms with Gasteiger partial charge in [0.1, 0.15) is 11.7 Å². The lowest BCUT2D eigenvalue weighted by Gasteiger charge is -2.03. The van der Waals surface area contributed by atoms with Crippen LogP contribution in [0.25, 0.3) is 0 Å². The number of aliphatic hydroxyl groups is 1. The second kappa shape index (κ2) is 5.82. The Balaban J connectivity index is 2.81.